The Balaban J connectivity index is 1.90. The molecule has 0 radical (unpaired) electrons. The minimum absolute atomic E-state index is 0.728. The summed E-state index contributed by atoms with van der Waals surface area (Å²) >= 11 is 0. The second-order valence-corrected chi connectivity index (χ2v) is 5.14. The van der Waals surface area contributed by atoms with Crippen LogP contribution in [0.2, 0.25) is 0 Å². The summed E-state index contributed by atoms with van der Waals surface area (Å²) in [4.78, 5) is 6.69. The monoisotopic (exact) mass is 247 g/mol. The summed E-state index contributed by atoms with van der Waals surface area (Å²) in [5.41, 5.74) is 1.37. The van der Waals surface area contributed by atoms with Crippen molar-refractivity contribution in [2.45, 2.75) is 51.7 Å². The molecule has 0 saturated heterocycles. The third-order valence-electron chi connectivity index (χ3n) is 3.96. The Labute approximate surface area is 111 Å². The first-order chi connectivity index (χ1) is 8.83. The van der Waals surface area contributed by atoms with Crippen LogP contribution in [0.25, 0.3) is 0 Å². The smallest absolute Gasteiger partial charge is 0.0271 e. The van der Waals surface area contributed by atoms with Crippen molar-refractivity contribution in [3.8, 4) is 0 Å². The van der Waals surface area contributed by atoms with Gasteiger partial charge in [0.05, 0.1) is 0 Å². The Morgan fingerprint density at radius 1 is 1.28 bits per heavy atom. The van der Waals surface area contributed by atoms with Crippen LogP contribution in [0.4, 0.5) is 0 Å². The largest absolute Gasteiger partial charge is 0.314 e. The van der Waals surface area contributed by atoms with E-state index in [0.717, 1.165) is 31.7 Å². The maximum absolute atomic E-state index is 4.08. The van der Waals surface area contributed by atoms with Gasteiger partial charge in [-0.15, -0.1) is 0 Å². The van der Waals surface area contributed by atoms with Crippen LogP contribution in [0, 0.1) is 0 Å². The normalized spacial score (nSPS) is 23.7. The highest BCUT2D eigenvalue weighted by Crippen LogP contribution is 2.25. The first-order valence-electron chi connectivity index (χ1n) is 7.19. The maximum Gasteiger partial charge on any atom is 0.0271 e. The molecule has 0 amide bonds. The van der Waals surface area contributed by atoms with E-state index in [0.29, 0.717) is 0 Å². The molecule has 1 saturated carbocycles. The van der Waals surface area contributed by atoms with Gasteiger partial charge in [-0.05, 0) is 50.0 Å². The number of nitrogens with zero attached hydrogens (tertiary/aromatic N) is 2. The highest BCUT2D eigenvalue weighted by molar-refractivity contribution is 5.09. The lowest BCUT2D eigenvalue weighted by Crippen LogP contribution is -2.35. The van der Waals surface area contributed by atoms with E-state index in [1.165, 1.54) is 24.8 Å². The first-order valence-corrected chi connectivity index (χ1v) is 7.19. The van der Waals surface area contributed by atoms with Crippen LogP contribution in [0.5, 0.6) is 0 Å². The Kier molecular flexibility index (Phi) is 5.14. The summed E-state index contributed by atoms with van der Waals surface area (Å²) < 4.78 is 0. The molecule has 1 aromatic heterocycles. The predicted molar refractivity (Wildman–Crippen MR) is 75.4 cm³/mol. The van der Waals surface area contributed by atoms with Crippen molar-refractivity contribution in [2.24, 2.45) is 0 Å². The zero-order valence-corrected chi connectivity index (χ0v) is 11.6. The molecule has 1 aliphatic rings. The summed E-state index contributed by atoms with van der Waals surface area (Å²) in [5, 5.41) is 3.58. The molecule has 1 heterocycles. The van der Waals surface area contributed by atoms with E-state index >= 15 is 0 Å². The topological polar surface area (TPSA) is 28.2 Å². The van der Waals surface area contributed by atoms with E-state index in [4.69, 9.17) is 0 Å². The third kappa shape index (κ3) is 3.53. The minimum atomic E-state index is 0.728. The number of hydrogen-bond acceptors (Lipinski definition) is 3. The lowest BCUT2D eigenvalue weighted by molar-refractivity contribution is 0.197. The first kappa shape index (κ1) is 13.5. The van der Waals surface area contributed by atoms with E-state index in [9.17, 15) is 0 Å². The van der Waals surface area contributed by atoms with Crippen LogP contribution in [0.1, 0.15) is 38.7 Å². The molecule has 1 N–H and O–H groups in total. The molecule has 3 heteroatoms. The number of nitrogens with one attached hydrogen (secondary N) is 1. The molecule has 2 atom stereocenters. The Morgan fingerprint density at radius 2 is 2.06 bits per heavy atom. The lowest BCUT2D eigenvalue weighted by atomic mass is 10.1. The van der Waals surface area contributed by atoms with E-state index in [2.05, 4.69) is 41.2 Å². The summed E-state index contributed by atoms with van der Waals surface area (Å²) in [7, 11) is 0. The highest BCUT2D eigenvalue weighted by Gasteiger charge is 2.27. The molecule has 1 aliphatic carbocycles. The van der Waals surface area contributed by atoms with Crippen LogP contribution < -0.4 is 5.32 Å². The summed E-state index contributed by atoms with van der Waals surface area (Å²) in [5.74, 6) is 0. The molecule has 3 nitrogen and oxygen atoms in total. The second-order valence-electron chi connectivity index (χ2n) is 5.14. The van der Waals surface area contributed by atoms with Gasteiger partial charge in [0.25, 0.3) is 0 Å². The summed E-state index contributed by atoms with van der Waals surface area (Å²) in [6.07, 6.45) is 7.73. The molecule has 1 aromatic rings. The van der Waals surface area contributed by atoms with Gasteiger partial charge in [0.15, 0.2) is 0 Å². The average Bonchev–Trinajstić information content (AvgIpc) is 2.86. The molecule has 0 bridgehead atoms. The zero-order chi connectivity index (χ0) is 12.8. The van der Waals surface area contributed by atoms with Gasteiger partial charge in [0.1, 0.15) is 0 Å². The van der Waals surface area contributed by atoms with E-state index in [1.807, 2.05) is 12.4 Å². The second kappa shape index (κ2) is 6.86. The predicted octanol–water partition coefficient (Wildman–Crippen LogP) is 2.43. The van der Waals surface area contributed by atoms with E-state index < -0.39 is 0 Å². The van der Waals surface area contributed by atoms with Gasteiger partial charge >= 0.3 is 0 Å². The number of aromatic nitrogens is 1. The fourth-order valence-electron chi connectivity index (χ4n) is 2.99. The van der Waals surface area contributed by atoms with Crippen LogP contribution in [-0.4, -0.2) is 35.1 Å². The van der Waals surface area contributed by atoms with E-state index in [1.54, 1.807) is 0 Å². The standard InChI is InChI=1S/C15H25N3/c1-3-17-14-5-6-15(11-14)18(4-2)12-13-7-9-16-10-8-13/h7-10,14-15,17H,3-6,11-12H2,1-2H3. The van der Waals surface area contributed by atoms with Crippen molar-refractivity contribution in [2.75, 3.05) is 13.1 Å². The van der Waals surface area contributed by atoms with Gasteiger partial charge in [-0.25, -0.2) is 0 Å². The van der Waals surface area contributed by atoms with Crippen molar-refractivity contribution in [1.29, 1.82) is 0 Å². The molecule has 0 spiro atoms. The molecule has 2 rings (SSSR count). The van der Waals surface area contributed by atoms with Gasteiger partial charge in [-0.3, -0.25) is 9.88 Å². The van der Waals surface area contributed by atoms with Crippen molar-refractivity contribution in [1.82, 2.24) is 15.2 Å². The molecule has 1 fully saturated rings. The maximum atomic E-state index is 4.08. The van der Waals surface area contributed by atoms with Gasteiger partial charge in [0, 0.05) is 31.0 Å². The summed E-state index contributed by atoms with van der Waals surface area (Å²) in [6, 6.07) is 5.72. The molecule has 100 valence electrons. The number of hydrogen-bond donors (Lipinski definition) is 1. The highest BCUT2D eigenvalue weighted by atomic mass is 15.2. The van der Waals surface area contributed by atoms with Gasteiger partial charge < -0.3 is 5.32 Å². The van der Waals surface area contributed by atoms with Crippen LogP contribution in [0.15, 0.2) is 24.5 Å². The number of rotatable bonds is 6. The molecule has 2 unspecified atom stereocenters. The van der Waals surface area contributed by atoms with E-state index in [-0.39, 0.29) is 0 Å². The quantitative estimate of drug-likeness (QED) is 0.837. The molecular weight excluding hydrogens is 222 g/mol. The molecule has 0 aliphatic heterocycles. The van der Waals surface area contributed by atoms with Crippen molar-refractivity contribution in [3.05, 3.63) is 30.1 Å². The van der Waals surface area contributed by atoms with Gasteiger partial charge in [-0.2, -0.15) is 0 Å². The third-order valence-corrected chi connectivity index (χ3v) is 3.96. The van der Waals surface area contributed by atoms with Crippen LogP contribution in [0.3, 0.4) is 0 Å². The Morgan fingerprint density at radius 3 is 2.72 bits per heavy atom. The SMILES string of the molecule is CCNC1CCC(N(CC)Cc2ccncc2)C1. The van der Waals surface area contributed by atoms with Gasteiger partial charge in [0.2, 0.25) is 0 Å². The number of pyridine rings is 1. The van der Waals surface area contributed by atoms with Crippen molar-refractivity contribution >= 4 is 0 Å². The molecule has 0 aromatic carbocycles. The zero-order valence-electron chi connectivity index (χ0n) is 11.6. The molecule has 18 heavy (non-hydrogen) atoms. The van der Waals surface area contributed by atoms with Gasteiger partial charge in [-0.1, -0.05) is 13.8 Å². The fraction of sp³-hybridized carbons (Fsp3) is 0.667. The lowest BCUT2D eigenvalue weighted by Gasteiger charge is -2.27. The summed E-state index contributed by atoms with van der Waals surface area (Å²) in [6.45, 7) is 7.74. The Bertz CT molecular complexity index is 339. The Hall–Kier alpha value is -0.930. The van der Waals surface area contributed by atoms with Crippen molar-refractivity contribution < 1.29 is 0 Å². The molecular formula is C15H25N3. The fourth-order valence-corrected chi connectivity index (χ4v) is 2.99. The van der Waals surface area contributed by atoms with Crippen molar-refractivity contribution in [3.63, 3.8) is 0 Å². The minimum Gasteiger partial charge on any atom is -0.314 e. The van der Waals surface area contributed by atoms with Crippen LogP contribution in [-0.2, 0) is 6.54 Å². The average molecular weight is 247 g/mol. The van der Waals surface area contributed by atoms with Crippen LogP contribution >= 0.6 is 0 Å².